The van der Waals surface area contributed by atoms with E-state index >= 15 is 0 Å². The number of pyridine rings is 1. The van der Waals surface area contributed by atoms with Gasteiger partial charge in [-0.25, -0.2) is 9.97 Å². The summed E-state index contributed by atoms with van der Waals surface area (Å²) in [4.78, 5) is 21.7. The van der Waals surface area contributed by atoms with E-state index in [1.54, 1.807) is 7.11 Å². The lowest BCUT2D eigenvalue weighted by molar-refractivity contribution is -0.115. The van der Waals surface area contributed by atoms with Gasteiger partial charge in [0.25, 0.3) is 0 Å². The second kappa shape index (κ2) is 10.2. The minimum absolute atomic E-state index is 0.102. The van der Waals surface area contributed by atoms with Crippen molar-refractivity contribution in [2.75, 3.05) is 18.2 Å². The van der Waals surface area contributed by atoms with Crippen LogP contribution >= 0.6 is 23.1 Å². The number of nitrogens with one attached hydrogen (secondary N) is 1. The zero-order chi connectivity index (χ0) is 22.5. The highest BCUT2D eigenvalue weighted by molar-refractivity contribution is 7.99. The van der Waals surface area contributed by atoms with E-state index in [1.165, 1.54) is 28.7 Å². The van der Waals surface area contributed by atoms with Crippen LogP contribution in [-0.4, -0.2) is 28.7 Å². The Morgan fingerprint density at radius 3 is 3.06 bits per heavy atom. The molecule has 0 radical (unpaired) electrons. The van der Waals surface area contributed by atoms with Crippen LogP contribution in [0.15, 0.2) is 40.7 Å². The number of ether oxygens (including phenoxy) is 1. The van der Waals surface area contributed by atoms with Crippen molar-refractivity contribution in [1.29, 1.82) is 5.26 Å². The van der Waals surface area contributed by atoms with Gasteiger partial charge in [-0.3, -0.25) is 4.79 Å². The van der Waals surface area contributed by atoms with Crippen molar-refractivity contribution in [3.8, 4) is 23.1 Å². The number of fused-ring (bicyclic) bond motifs is 1. The fourth-order valence-electron chi connectivity index (χ4n) is 3.69. The van der Waals surface area contributed by atoms with Crippen molar-refractivity contribution in [1.82, 2.24) is 9.97 Å². The first-order chi connectivity index (χ1) is 15.6. The molecule has 6 nitrogen and oxygen atoms in total. The summed E-state index contributed by atoms with van der Waals surface area (Å²) in [7, 11) is 1.63. The Kier molecular flexibility index (Phi) is 7.08. The molecule has 32 heavy (non-hydrogen) atoms. The molecule has 0 saturated heterocycles. The SMILES string of the molecule is COc1cccc(-c2csc(NC(=O)CCSc3nc4c(cc3C#N)CC(C)CC4)n2)c1. The molecule has 1 amide bonds. The zero-order valence-corrected chi connectivity index (χ0v) is 19.7. The number of nitrogens with zero attached hydrogens (tertiary/aromatic N) is 3. The Hall–Kier alpha value is -2.89. The second-order valence-electron chi connectivity index (χ2n) is 7.82. The number of amides is 1. The first-order valence-electron chi connectivity index (χ1n) is 10.5. The lowest BCUT2D eigenvalue weighted by Gasteiger charge is -2.21. The number of aromatic nitrogens is 2. The summed E-state index contributed by atoms with van der Waals surface area (Å²) in [6.45, 7) is 2.23. The van der Waals surface area contributed by atoms with E-state index < -0.39 is 0 Å². The molecule has 0 bridgehead atoms. The largest absolute Gasteiger partial charge is 0.497 e. The number of rotatable bonds is 7. The number of nitriles is 1. The van der Waals surface area contributed by atoms with Gasteiger partial charge in [-0.05, 0) is 48.9 Å². The summed E-state index contributed by atoms with van der Waals surface area (Å²) in [5, 5.41) is 15.6. The lowest BCUT2D eigenvalue weighted by Crippen LogP contribution is -2.14. The van der Waals surface area contributed by atoms with Crippen LogP contribution in [0.2, 0.25) is 0 Å². The van der Waals surface area contributed by atoms with E-state index in [9.17, 15) is 10.1 Å². The molecule has 2 heterocycles. The van der Waals surface area contributed by atoms with Crippen molar-refractivity contribution in [2.45, 2.75) is 37.6 Å². The number of thioether (sulfide) groups is 1. The highest BCUT2D eigenvalue weighted by Gasteiger charge is 2.19. The highest BCUT2D eigenvalue weighted by atomic mass is 32.2. The van der Waals surface area contributed by atoms with Crippen LogP contribution in [0.3, 0.4) is 0 Å². The van der Waals surface area contributed by atoms with Gasteiger partial charge in [0.2, 0.25) is 5.91 Å². The van der Waals surface area contributed by atoms with Gasteiger partial charge in [0.05, 0.1) is 18.4 Å². The molecule has 0 spiro atoms. The predicted octanol–water partition coefficient (Wildman–Crippen LogP) is 5.33. The number of anilines is 1. The van der Waals surface area contributed by atoms with Crippen molar-refractivity contribution in [3.05, 3.63) is 52.5 Å². The fraction of sp³-hybridized carbons (Fsp3) is 0.333. The molecule has 1 aliphatic rings. The first kappa shape index (κ1) is 22.3. The molecular formula is C24H24N4O2S2. The lowest BCUT2D eigenvalue weighted by atomic mass is 9.87. The molecule has 1 atom stereocenters. The third-order valence-corrected chi connectivity index (χ3v) is 7.15. The summed E-state index contributed by atoms with van der Waals surface area (Å²) in [5.74, 6) is 1.85. The average molecular weight is 465 g/mol. The van der Waals surface area contributed by atoms with Crippen LogP contribution in [0, 0.1) is 17.2 Å². The topological polar surface area (TPSA) is 87.9 Å². The van der Waals surface area contributed by atoms with Crippen LogP contribution in [-0.2, 0) is 17.6 Å². The van der Waals surface area contributed by atoms with Crippen LogP contribution in [0.25, 0.3) is 11.3 Å². The van der Waals surface area contributed by atoms with Gasteiger partial charge < -0.3 is 10.1 Å². The Morgan fingerprint density at radius 2 is 2.25 bits per heavy atom. The minimum atomic E-state index is -0.102. The summed E-state index contributed by atoms with van der Waals surface area (Å²) < 4.78 is 5.26. The van der Waals surface area contributed by atoms with Gasteiger partial charge >= 0.3 is 0 Å². The van der Waals surface area contributed by atoms with Crippen LogP contribution in [0.4, 0.5) is 5.13 Å². The van der Waals surface area contributed by atoms with Crippen molar-refractivity contribution >= 4 is 34.1 Å². The van der Waals surface area contributed by atoms with Gasteiger partial charge in [0.1, 0.15) is 16.8 Å². The minimum Gasteiger partial charge on any atom is -0.497 e. The maximum Gasteiger partial charge on any atom is 0.226 e. The molecule has 1 unspecified atom stereocenters. The smallest absolute Gasteiger partial charge is 0.226 e. The molecule has 1 N–H and O–H groups in total. The monoisotopic (exact) mass is 464 g/mol. The molecule has 0 fully saturated rings. The maximum atomic E-state index is 12.4. The van der Waals surface area contributed by atoms with Crippen LogP contribution in [0.1, 0.15) is 36.6 Å². The van der Waals surface area contributed by atoms with E-state index in [1.807, 2.05) is 35.7 Å². The number of hydrogen-bond acceptors (Lipinski definition) is 7. The van der Waals surface area contributed by atoms with E-state index in [2.05, 4.69) is 23.3 Å². The number of methoxy groups -OCH3 is 1. The third kappa shape index (κ3) is 5.29. The van der Waals surface area contributed by atoms with E-state index in [0.717, 1.165) is 47.0 Å². The number of benzene rings is 1. The van der Waals surface area contributed by atoms with Gasteiger partial charge in [-0.1, -0.05) is 19.1 Å². The van der Waals surface area contributed by atoms with Gasteiger partial charge in [0.15, 0.2) is 5.13 Å². The summed E-state index contributed by atoms with van der Waals surface area (Å²) in [5.41, 5.74) is 4.63. The second-order valence-corrected chi connectivity index (χ2v) is 9.76. The number of thiazole rings is 1. The molecule has 1 aromatic carbocycles. The van der Waals surface area contributed by atoms with Gasteiger partial charge in [-0.2, -0.15) is 5.26 Å². The predicted molar refractivity (Wildman–Crippen MR) is 128 cm³/mol. The van der Waals surface area contributed by atoms with E-state index in [4.69, 9.17) is 9.72 Å². The molecular weight excluding hydrogens is 440 g/mol. The maximum absolute atomic E-state index is 12.4. The summed E-state index contributed by atoms with van der Waals surface area (Å²) >= 11 is 2.86. The Bertz CT molecular complexity index is 1170. The van der Waals surface area contributed by atoms with Crippen molar-refractivity contribution in [3.63, 3.8) is 0 Å². The average Bonchev–Trinajstić information content (AvgIpc) is 3.27. The first-order valence-corrected chi connectivity index (χ1v) is 12.4. The summed E-state index contributed by atoms with van der Waals surface area (Å²) in [6.07, 6.45) is 3.38. The molecule has 1 aliphatic carbocycles. The number of hydrogen-bond donors (Lipinski definition) is 1. The van der Waals surface area contributed by atoms with Crippen LogP contribution in [0.5, 0.6) is 5.75 Å². The molecule has 2 aromatic heterocycles. The van der Waals surface area contributed by atoms with Crippen molar-refractivity contribution in [2.24, 2.45) is 5.92 Å². The van der Waals surface area contributed by atoms with E-state index in [-0.39, 0.29) is 5.91 Å². The van der Waals surface area contributed by atoms with Gasteiger partial charge in [0, 0.05) is 28.8 Å². The molecule has 0 saturated carbocycles. The number of aryl methyl sites for hydroxylation is 1. The zero-order valence-electron chi connectivity index (χ0n) is 18.1. The molecule has 3 aromatic rings. The highest BCUT2D eigenvalue weighted by Crippen LogP contribution is 2.30. The number of carbonyl (C=O) groups is 1. The molecule has 0 aliphatic heterocycles. The standard InChI is InChI=1S/C24H24N4O2S2/c1-15-6-7-20-17(10-15)11-18(13-25)23(26-20)31-9-8-22(29)28-24-27-21(14-32-24)16-4-3-5-19(12-16)30-2/h3-5,11-12,14-15H,6-10H2,1-2H3,(H,27,28,29). The van der Waals surface area contributed by atoms with E-state index in [0.29, 0.717) is 28.8 Å². The van der Waals surface area contributed by atoms with Crippen molar-refractivity contribution < 1.29 is 9.53 Å². The molecule has 4 rings (SSSR count). The Morgan fingerprint density at radius 1 is 1.38 bits per heavy atom. The quantitative estimate of drug-likeness (QED) is 0.476. The number of carbonyl (C=O) groups excluding carboxylic acids is 1. The van der Waals surface area contributed by atoms with Gasteiger partial charge in [-0.15, -0.1) is 23.1 Å². The fourth-order valence-corrected chi connectivity index (χ4v) is 5.34. The Balaban J connectivity index is 1.33. The summed E-state index contributed by atoms with van der Waals surface area (Å²) in [6, 6.07) is 11.9. The molecule has 164 valence electrons. The normalized spacial score (nSPS) is 15.0. The Labute approximate surface area is 196 Å². The molecule has 8 heteroatoms. The van der Waals surface area contributed by atoms with Crippen LogP contribution < -0.4 is 10.1 Å². The third-order valence-electron chi connectivity index (χ3n) is 5.40.